The van der Waals surface area contributed by atoms with Crippen LogP contribution in [0.15, 0.2) is 47.4 Å². The second-order valence-electron chi connectivity index (χ2n) is 4.97. The van der Waals surface area contributed by atoms with Gasteiger partial charge in [0.15, 0.2) is 6.61 Å². The van der Waals surface area contributed by atoms with Crippen molar-refractivity contribution >= 4 is 40.9 Å². The van der Waals surface area contributed by atoms with Gasteiger partial charge in [0, 0.05) is 9.92 Å². The first-order valence-corrected chi connectivity index (χ1v) is 8.45. The summed E-state index contributed by atoms with van der Waals surface area (Å²) in [6.45, 7) is 0.980. The van der Waals surface area contributed by atoms with E-state index in [0.29, 0.717) is 5.02 Å². The number of thioether (sulfide) groups is 1. The van der Waals surface area contributed by atoms with E-state index < -0.39 is 41.1 Å². The van der Waals surface area contributed by atoms with Gasteiger partial charge >= 0.3 is 5.97 Å². The Morgan fingerprint density at radius 3 is 2.36 bits per heavy atom. The molecule has 25 heavy (non-hydrogen) atoms. The van der Waals surface area contributed by atoms with Crippen molar-refractivity contribution in [2.24, 2.45) is 0 Å². The third kappa shape index (κ3) is 5.72. The van der Waals surface area contributed by atoms with Gasteiger partial charge in [-0.3, -0.25) is 9.59 Å². The molecule has 2 rings (SSSR count). The number of carbonyl (C=O) groups is 2. The maximum atomic E-state index is 13.4. The summed E-state index contributed by atoms with van der Waals surface area (Å²) in [5, 5.41) is 2.05. The molecule has 2 aromatic rings. The van der Waals surface area contributed by atoms with Gasteiger partial charge in [-0.2, -0.15) is 0 Å². The topological polar surface area (TPSA) is 55.4 Å². The first kappa shape index (κ1) is 19.2. The minimum Gasteiger partial charge on any atom is -0.455 e. The van der Waals surface area contributed by atoms with Crippen LogP contribution >= 0.6 is 23.4 Å². The van der Waals surface area contributed by atoms with Gasteiger partial charge in [0.05, 0.1) is 0 Å². The maximum absolute atomic E-state index is 13.4. The molecule has 4 nitrogen and oxygen atoms in total. The molecule has 0 aliphatic rings. The second-order valence-corrected chi connectivity index (χ2v) is 6.82. The van der Waals surface area contributed by atoms with Gasteiger partial charge in [-0.15, -0.1) is 11.8 Å². The molecule has 1 amide bonds. The van der Waals surface area contributed by atoms with Crippen molar-refractivity contribution in [3.05, 3.63) is 59.1 Å². The Bertz CT molecular complexity index is 751. The van der Waals surface area contributed by atoms with Crippen LogP contribution in [0.2, 0.25) is 5.02 Å². The Kier molecular flexibility index (Phi) is 6.78. The molecule has 8 heteroatoms. The number of amides is 1. The summed E-state index contributed by atoms with van der Waals surface area (Å²) in [5.74, 6) is -3.28. The molecule has 0 saturated carbocycles. The molecule has 0 unspecified atom stereocenters. The molecule has 0 aliphatic heterocycles. The SMILES string of the molecule is C[C@H](Sc1ccc(Cl)cc1)C(=O)OCC(=O)Nc1c(F)cccc1F. The molecule has 0 radical (unpaired) electrons. The van der Waals surface area contributed by atoms with Crippen molar-refractivity contribution in [2.45, 2.75) is 17.1 Å². The fraction of sp³-hybridized carbons (Fsp3) is 0.176. The van der Waals surface area contributed by atoms with Gasteiger partial charge < -0.3 is 10.1 Å². The number of rotatable bonds is 6. The molecule has 0 spiro atoms. The number of hydrogen-bond acceptors (Lipinski definition) is 4. The Morgan fingerprint density at radius 1 is 1.16 bits per heavy atom. The van der Waals surface area contributed by atoms with Gasteiger partial charge in [-0.05, 0) is 43.3 Å². The number of carbonyl (C=O) groups excluding carboxylic acids is 2. The monoisotopic (exact) mass is 385 g/mol. The van der Waals surface area contributed by atoms with Crippen LogP contribution in [0, 0.1) is 11.6 Å². The highest BCUT2D eigenvalue weighted by atomic mass is 35.5. The van der Waals surface area contributed by atoms with E-state index in [1.165, 1.54) is 17.8 Å². The van der Waals surface area contributed by atoms with Crippen LogP contribution in [-0.4, -0.2) is 23.7 Å². The van der Waals surface area contributed by atoms with Gasteiger partial charge in [0.1, 0.15) is 22.6 Å². The molecule has 0 heterocycles. The largest absolute Gasteiger partial charge is 0.455 e. The zero-order chi connectivity index (χ0) is 18.4. The highest BCUT2D eigenvalue weighted by Crippen LogP contribution is 2.25. The van der Waals surface area contributed by atoms with Crippen LogP contribution in [-0.2, 0) is 14.3 Å². The van der Waals surface area contributed by atoms with Gasteiger partial charge in [-0.1, -0.05) is 17.7 Å². The minimum absolute atomic E-state index is 0.570. The van der Waals surface area contributed by atoms with Crippen molar-refractivity contribution in [1.82, 2.24) is 0 Å². The van der Waals surface area contributed by atoms with E-state index in [1.54, 1.807) is 31.2 Å². The van der Waals surface area contributed by atoms with Crippen molar-refractivity contribution < 1.29 is 23.1 Å². The van der Waals surface area contributed by atoms with E-state index in [9.17, 15) is 18.4 Å². The molecule has 132 valence electrons. The predicted molar refractivity (Wildman–Crippen MR) is 92.7 cm³/mol. The number of hydrogen-bond donors (Lipinski definition) is 1. The van der Waals surface area contributed by atoms with Gasteiger partial charge in [-0.25, -0.2) is 8.78 Å². The average Bonchev–Trinajstić information content (AvgIpc) is 2.58. The standard InChI is InChI=1S/C17H14ClF2NO3S/c1-10(25-12-7-5-11(18)6-8-12)17(23)24-9-15(22)21-16-13(19)3-2-4-14(16)20/h2-8,10H,9H2,1H3,(H,21,22)/t10-/m0/s1. The number of anilines is 1. The molecule has 0 saturated heterocycles. The Labute approximate surface area is 152 Å². The normalized spacial score (nSPS) is 11.7. The smallest absolute Gasteiger partial charge is 0.319 e. The van der Waals surface area contributed by atoms with E-state index in [0.717, 1.165) is 17.0 Å². The third-order valence-corrected chi connectivity index (χ3v) is 4.37. The number of ether oxygens (including phenoxy) is 1. The zero-order valence-electron chi connectivity index (χ0n) is 13.1. The van der Waals surface area contributed by atoms with Crippen LogP contribution in [0.5, 0.6) is 0 Å². The van der Waals surface area contributed by atoms with Crippen LogP contribution in [0.1, 0.15) is 6.92 Å². The minimum atomic E-state index is -0.911. The molecular weight excluding hydrogens is 372 g/mol. The van der Waals surface area contributed by atoms with E-state index in [1.807, 2.05) is 5.32 Å². The number of halogens is 3. The molecule has 2 aromatic carbocycles. The summed E-state index contributed by atoms with van der Waals surface area (Å²) in [4.78, 5) is 24.4. The van der Waals surface area contributed by atoms with Crippen LogP contribution in [0.4, 0.5) is 14.5 Å². The van der Waals surface area contributed by atoms with E-state index >= 15 is 0 Å². The summed E-state index contributed by atoms with van der Waals surface area (Å²) in [6.07, 6.45) is 0. The fourth-order valence-corrected chi connectivity index (χ4v) is 2.80. The van der Waals surface area contributed by atoms with Crippen LogP contribution in [0.25, 0.3) is 0 Å². The molecular formula is C17H14ClF2NO3S. The molecule has 0 aromatic heterocycles. The first-order valence-electron chi connectivity index (χ1n) is 7.19. The summed E-state index contributed by atoms with van der Waals surface area (Å²) in [7, 11) is 0. The summed E-state index contributed by atoms with van der Waals surface area (Å²) in [5.41, 5.74) is -0.577. The van der Waals surface area contributed by atoms with E-state index in [2.05, 4.69) is 0 Å². The van der Waals surface area contributed by atoms with E-state index in [-0.39, 0.29) is 0 Å². The first-order chi connectivity index (χ1) is 11.9. The Morgan fingerprint density at radius 2 is 1.76 bits per heavy atom. The van der Waals surface area contributed by atoms with Crippen LogP contribution in [0.3, 0.4) is 0 Å². The average molecular weight is 386 g/mol. The Balaban J connectivity index is 1.84. The van der Waals surface area contributed by atoms with Crippen molar-refractivity contribution in [1.29, 1.82) is 0 Å². The predicted octanol–water partition coefficient (Wildman–Crippen LogP) is 4.28. The second kappa shape index (κ2) is 8.82. The van der Waals surface area contributed by atoms with Crippen molar-refractivity contribution in [3.63, 3.8) is 0 Å². The fourth-order valence-electron chi connectivity index (χ4n) is 1.81. The molecule has 1 atom stereocenters. The lowest BCUT2D eigenvalue weighted by molar-refractivity contribution is -0.146. The highest BCUT2D eigenvalue weighted by Gasteiger charge is 2.18. The lowest BCUT2D eigenvalue weighted by Gasteiger charge is -2.12. The Hall–Kier alpha value is -2.12. The third-order valence-electron chi connectivity index (χ3n) is 3.03. The molecule has 1 N–H and O–H groups in total. The van der Waals surface area contributed by atoms with Crippen molar-refractivity contribution in [2.75, 3.05) is 11.9 Å². The van der Waals surface area contributed by atoms with Crippen LogP contribution < -0.4 is 5.32 Å². The highest BCUT2D eigenvalue weighted by molar-refractivity contribution is 8.00. The molecule has 0 aliphatic carbocycles. The van der Waals surface area contributed by atoms with Crippen molar-refractivity contribution in [3.8, 4) is 0 Å². The quantitative estimate of drug-likeness (QED) is 0.595. The number of esters is 1. The summed E-state index contributed by atoms with van der Waals surface area (Å²) < 4.78 is 31.7. The molecule has 0 bridgehead atoms. The summed E-state index contributed by atoms with van der Waals surface area (Å²) >= 11 is 7.02. The number of nitrogens with one attached hydrogen (secondary N) is 1. The maximum Gasteiger partial charge on any atom is 0.319 e. The lowest BCUT2D eigenvalue weighted by Crippen LogP contribution is -2.25. The van der Waals surface area contributed by atoms with Gasteiger partial charge in [0.2, 0.25) is 0 Å². The lowest BCUT2D eigenvalue weighted by atomic mass is 10.3. The number of para-hydroxylation sites is 1. The van der Waals surface area contributed by atoms with Gasteiger partial charge in [0.25, 0.3) is 5.91 Å². The number of benzene rings is 2. The zero-order valence-corrected chi connectivity index (χ0v) is 14.7. The van der Waals surface area contributed by atoms with E-state index in [4.69, 9.17) is 16.3 Å². The molecule has 0 fully saturated rings. The summed E-state index contributed by atoms with van der Waals surface area (Å²) in [6, 6.07) is 10.1.